The third-order valence-electron chi connectivity index (χ3n) is 6.88. The predicted octanol–water partition coefficient (Wildman–Crippen LogP) is 4.98. The minimum Gasteiger partial charge on any atom is -0.385 e. The number of fused-ring (bicyclic) bond motifs is 2. The van der Waals surface area contributed by atoms with Crippen molar-refractivity contribution in [3.05, 3.63) is 83.2 Å². The molecule has 0 amide bonds. The van der Waals surface area contributed by atoms with E-state index in [2.05, 4.69) is 10.1 Å². The number of allylic oxidation sites excluding steroid dienone is 1. The van der Waals surface area contributed by atoms with Gasteiger partial charge in [-0.15, -0.1) is 0 Å². The molecule has 2 heterocycles. The lowest BCUT2D eigenvalue weighted by molar-refractivity contribution is -0.101. The van der Waals surface area contributed by atoms with E-state index in [9.17, 15) is 9.50 Å². The lowest BCUT2D eigenvalue weighted by Crippen LogP contribution is -2.53. The van der Waals surface area contributed by atoms with Gasteiger partial charge in [-0.1, -0.05) is 12.5 Å². The topological polar surface area (TPSA) is 50.9 Å². The van der Waals surface area contributed by atoms with Crippen LogP contribution in [-0.4, -0.2) is 25.5 Å². The summed E-state index contributed by atoms with van der Waals surface area (Å²) in [5.74, 6) is -0.301. The van der Waals surface area contributed by atoms with Crippen molar-refractivity contribution in [1.82, 2.24) is 14.8 Å². The fourth-order valence-electron chi connectivity index (χ4n) is 5.11. The maximum Gasteiger partial charge on any atom is 0.150 e. The van der Waals surface area contributed by atoms with Crippen LogP contribution >= 0.6 is 0 Å². The van der Waals surface area contributed by atoms with Crippen LogP contribution in [0.4, 0.5) is 8.78 Å². The van der Waals surface area contributed by atoms with E-state index >= 15 is 4.39 Å². The molecule has 1 saturated carbocycles. The Balaban J connectivity index is 1.57. The van der Waals surface area contributed by atoms with E-state index in [1.807, 2.05) is 13.0 Å². The summed E-state index contributed by atoms with van der Waals surface area (Å²) < 4.78 is 31.8. The summed E-state index contributed by atoms with van der Waals surface area (Å²) in [4.78, 5) is 3.98. The Kier molecular flexibility index (Phi) is 4.36. The fraction of sp³-hybridized carbons (Fsp3) is 0.333. The van der Waals surface area contributed by atoms with Gasteiger partial charge in [0.25, 0.3) is 0 Å². The molecular formula is C24H23F2N3O. The Hall–Kier alpha value is -2.86. The second-order valence-corrected chi connectivity index (χ2v) is 8.52. The average molecular weight is 407 g/mol. The first-order chi connectivity index (χ1) is 14.4. The number of aromatic nitrogens is 3. The molecule has 0 aliphatic heterocycles. The van der Waals surface area contributed by atoms with Crippen molar-refractivity contribution in [2.45, 2.75) is 44.4 Å². The first-order valence-corrected chi connectivity index (χ1v) is 10.2. The van der Waals surface area contributed by atoms with Gasteiger partial charge in [0.1, 0.15) is 17.6 Å². The average Bonchev–Trinajstić information content (AvgIpc) is 3.16. The SMILES string of the molecule is C[C@]12Cc3cnn(-c4ccc(F)cc4)c3C=C1CCC[C@]2(F)[C@H](O)c1ccncc1. The number of nitrogens with zero attached hydrogens (tertiary/aromatic N) is 3. The highest BCUT2D eigenvalue weighted by Gasteiger charge is 2.58. The third kappa shape index (κ3) is 2.74. The largest absolute Gasteiger partial charge is 0.385 e. The van der Waals surface area contributed by atoms with Gasteiger partial charge in [-0.05, 0) is 79.3 Å². The van der Waals surface area contributed by atoms with Crippen LogP contribution in [0.15, 0.2) is 60.6 Å². The molecule has 5 rings (SSSR count). The number of benzene rings is 1. The Morgan fingerprint density at radius 3 is 2.60 bits per heavy atom. The van der Waals surface area contributed by atoms with Gasteiger partial charge in [0.05, 0.1) is 17.6 Å². The molecule has 4 nitrogen and oxygen atoms in total. The standard InChI is InChI=1S/C24H23F2N3O/c1-23-14-17-15-28-29(20-6-4-19(25)5-7-20)21(17)13-18(23)3-2-10-24(23,26)22(30)16-8-11-27-12-9-16/h4-9,11-13,15,22,30H,2-3,10,14H2,1H3/t22-,23+,24+/m1/s1. The molecule has 2 aliphatic rings. The number of hydrogen-bond donors (Lipinski definition) is 1. The number of alkyl halides is 1. The van der Waals surface area contributed by atoms with Crippen molar-refractivity contribution in [3.63, 3.8) is 0 Å². The molecular weight excluding hydrogens is 384 g/mol. The molecule has 0 bridgehead atoms. The second-order valence-electron chi connectivity index (χ2n) is 8.52. The van der Waals surface area contributed by atoms with Crippen molar-refractivity contribution in [2.24, 2.45) is 5.41 Å². The van der Waals surface area contributed by atoms with E-state index in [0.29, 0.717) is 24.8 Å². The van der Waals surface area contributed by atoms with Crippen LogP contribution in [0.3, 0.4) is 0 Å². The summed E-state index contributed by atoms with van der Waals surface area (Å²) in [6.07, 6.45) is 7.89. The van der Waals surface area contributed by atoms with E-state index in [0.717, 1.165) is 28.9 Å². The van der Waals surface area contributed by atoms with Gasteiger partial charge in [-0.2, -0.15) is 5.10 Å². The van der Waals surface area contributed by atoms with Crippen molar-refractivity contribution in [1.29, 1.82) is 0 Å². The van der Waals surface area contributed by atoms with E-state index in [1.165, 1.54) is 12.1 Å². The zero-order valence-electron chi connectivity index (χ0n) is 16.7. The van der Waals surface area contributed by atoms with Crippen molar-refractivity contribution in [3.8, 4) is 5.69 Å². The summed E-state index contributed by atoms with van der Waals surface area (Å²) in [6, 6.07) is 9.52. The summed E-state index contributed by atoms with van der Waals surface area (Å²) in [7, 11) is 0. The van der Waals surface area contributed by atoms with Gasteiger partial charge < -0.3 is 5.11 Å². The molecule has 0 radical (unpaired) electrons. The summed E-state index contributed by atoms with van der Waals surface area (Å²) in [6.45, 7) is 1.92. The Labute approximate surface area is 173 Å². The Bertz CT molecular complexity index is 1110. The highest BCUT2D eigenvalue weighted by molar-refractivity contribution is 5.62. The van der Waals surface area contributed by atoms with E-state index in [4.69, 9.17) is 0 Å². The molecule has 30 heavy (non-hydrogen) atoms. The van der Waals surface area contributed by atoms with Crippen LogP contribution in [0.25, 0.3) is 11.8 Å². The van der Waals surface area contributed by atoms with Crippen molar-refractivity contribution >= 4 is 6.08 Å². The molecule has 2 aliphatic carbocycles. The second kappa shape index (κ2) is 6.84. The van der Waals surface area contributed by atoms with Crippen LogP contribution < -0.4 is 0 Å². The molecule has 0 unspecified atom stereocenters. The van der Waals surface area contributed by atoms with Gasteiger partial charge in [0.15, 0.2) is 0 Å². The van der Waals surface area contributed by atoms with Gasteiger partial charge >= 0.3 is 0 Å². The molecule has 3 aromatic rings. The van der Waals surface area contributed by atoms with Gasteiger partial charge in [-0.3, -0.25) is 4.98 Å². The van der Waals surface area contributed by atoms with Gasteiger partial charge in [-0.25, -0.2) is 13.5 Å². The smallest absolute Gasteiger partial charge is 0.150 e. The molecule has 1 fully saturated rings. The molecule has 2 aromatic heterocycles. The maximum atomic E-state index is 16.7. The van der Waals surface area contributed by atoms with Crippen LogP contribution in [-0.2, 0) is 6.42 Å². The summed E-state index contributed by atoms with van der Waals surface area (Å²) in [5, 5.41) is 15.6. The zero-order chi connectivity index (χ0) is 20.9. The molecule has 3 atom stereocenters. The minimum absolute atomic E-state index is 0.297. The number of pyridine rings is 1. The van der Waals surface area contributed by atoms with Crippen molar-refractivity contribution < 1.29 is 13.9 Å². The molecule has 1 aromatic carbocycles. The highest BCUT2D eigenvalue weighted by atomic mass is 19.1. The van der Waals surface area contributed by atoms with Crippen LogP contribution in [0.2, 0.25) is 0 Å². The molecule has 6 heteroatoms. The lowest BCUT2D eigenvalue weighted by atomic mass is 9.56. The number of rotatable bonds is 3. The molecule has 154 valence electrons. The zero-order valence-corrected chi connectivity index (χ0v) is 16.7. The number of halogens is 2. The van der Waals surface area contributed by atoms with Crippen LogP contribution in [0, 0.1) is 11.2 Å². The fourth-order valence-corrected chi connectivity index (χ4v) is 5.11. The lowest BCUT2D eigenvalue weighted by Gasteiger charge is -2.52. The van der Waals surface area contributed by atoms with Gasteiger partial charge in [0, 0.05) is 17.8 Å². The normalized spacial score (nSPS) is 26.5. The quantitative estimate of drug-likeness (QED) is 0.666. The van der Waals surface area contributed by atoms with E-state index in [-0.39, 0.29) is 5.82 Å². The predicted molar refractivity (Wildman–Crippen MR) is 110 cm³/mol. The summed E-state index contributed by atoms with van der Waals surface area (Å²) >= 11 is 0. The number of aliphatic hydroxyl groups is 1. The van der Waals surface area contributed by atoms with Crippen molar-refractivity contribution in [2.75, 3.05) is 0 Å². The molecule has 1 N–H and O–H groups in total. The minimum atomic E-state index is -1.80. The molecule has 0 saturated heterocycles. The number of aliphatic hydroxyl groups excluding tert-OH is 1. The first-order valence-electron chi connectivity index (χ1n) is 10.2. The third-order valence-corrected chi connectivity index (χ3v) is 6.88. The maximum absolute atomic E-state index is 16.7. The molecule has 0 spiro atoms. The van der Waals surface area contributed by atoms with E-state index in [1.54, 1.807) is 47.5 Å². The highest BCUT2D eigenvalue weighted by Crippen LogP contribution is 2.59. The Morgan fingerprint density at radius 1 is 1.13 bits per heavy atom. The van der Waals surface area contributed by atoms with Gasteiger partial charge in [0.2, 0.25) is 0 Å². The van der Waals surface area contributed by atoms with E-state index < -0.39 is 17.2 Å². The monoisotopic (exact) mass is 407 g/mol. The first kappa shape index (κ1) is 19.1. The summed E-state index contributed by atoms with van der Waals surface area (Å²) in [5.41, 5.74) is 1.49. The number of hydrogen-bond acceptors (Lipinski definition) is 3. The van der Waals surface area contributed by atoms with Crippen LogP contribution in [0.1, 0.15) is 49.1 Å². The Morgan fingerprint density at radius 2 is 1.87 bits per heavy atom. The van der Waals surface area contributed by atoms with Crippen LogP contribution in [0.5, 0.6) is 0 Å².